The summed E-state index contributed by atoms with van der Waals surface area (Å²) >= 11 is 0. The van der Waals surface area contributed by atoms with Crippen molar-refractivity contribution < 1.29 is 14.1 Å². The van der Waals surface area contributed by atoms with Crippen molar-refractivity contribution in [3.05, 3.63) is 24.0 Å². The van der Waals surface area contributed by atoms with Gasteiger partial charge in [-0.3, -0.25) is 14.9 Å². The Morgan fingerprint density at radius 3 is 2.27 bits per heavy atom. The van der Waals surface area contributed by atoms with Gasteiger partial charge < -0.3 is 9.42 Å². The Labute approximate surface area is 176 Å². The SMILES string of the molecule is CC(=O)Nc1nccc(-c2cc(C(=O)N(C3CCCCC3)C3CCCCC3)no2)n1. The minimum absolute atomic E-state index is 0.0417. The van der Waals surface area contributed by atoms with Crippen molar-refractivity contribution in [3.8, 4) is 11.5 Å². The third-order valence-electron chi connectivity index (χ3n) is 6.10. The number of aromatic nitrogens is 3. The highest BCUT2D eigenvalue weighted by Gasteiger charge is 2.34. The first-order chi connectivity index (χ1) is 14.6. The molecule has 4 rings (SSSR count). The zero-order valence-electron chi connectivity index (χ0n) is 17.5. The number of nitrogens with zero attached hydrogens (tertiary/aromatic N) is 4. The van der Waals surface area contributed by atoms with Crippen LogP contribution in [0.25, 0.3) is 11.5 Å². The molecule has 0 radical (unpaired) electrons. The first kappa shape index (κ1) is 20.5. The third-order valence-corrected chi connectivity index (χ3v) is 6.10. The van der Waals surface area contributed by atoms with E-state index < -0.39 is 0 Å². The molecule has 0 bridgehead atoms. The van der Waals surface area contributed by atoms with Crippen LogP contribution in [0.4, 0.5) is 5.95 Å². The molecule has 0 atom stereocenters. The summed E-state index contributed by atoms with van der Waals surface area (Å²) in [6.45, 7) is 1.40. The molecule has 2 aromatic heterocycles. The van der Waals surface area contributed by atoms with E-state index >= 15 is 0 Å². The van der Waals surface area contributed by atoms with Gasteiger partial charge in [-0.15, -0.1) is 0 Å². The predicted molar refractivity (Wildman–Crippen MR) is 112 cm³/mol. The Morgan fingerprint density at radius 2 is 1.67 bits per heavy atom. The molecule has 2 aliphatic carbocycles. The van der Waals surface area contributed by atoms with Crippen molar-refractivity contribution in [2.75, 3.05) is 5.32 Å². The summed E-state index contributed by atoms with van der Waals surface area (Å²) in [5.41, 5.74) is 0.794. The smallest absolute Gasteiger partial charge is 0.276 e. The highest BCUT2D eigenvalue weighted by molar-refractivity contribution is 5.93. The summed E-state index contributed by atoms with van der Waals surface area (Å²) in [5.74, 6) is 0.283. The van der Waals surface area contributed by atoms with Crippen LogP contribution in [0.2, 0.25) is 0 Å². The van der Waals surface area contributed by atoms with E-state index in [0.29, 0.717) is 29.2 Å². The van der Waals surface area contributed by atoms with Gasteiger partial charge in [-0.25, -0.2) is 9.97 Å². The minimum Gasteiger partial charge on any atom is -0.354 e. The number of nitrogens with one attached hydrogen (secondary N) is 1. The molecule has 8 heteroatoms. The van der Waals surface area contributed by atoms with Crippen molar-refractivity contribution in [2.24, 2.45) is 0 Å². The summed E-state index contributed by atoms with van der Waals surface area (Å²) in [7, 11) is 0. The summed E-state index contributed by atoms with van der Waals surface area (Å²) in [4.78, 5) is 35.2. The Bertz CT molecular complexity index is 866. The van der Waals surface area contributed by atoms with Gasteiger partial charge in [-0.05, 0) is 31.7 Å². The first-order valence-corrected chi connectivity index (χ1v) is 11.0. The molecule has 2 fully saturated rings. The molecule has 8 nitrogen and oxygen atoms in total. The van der Waals surface area contributed by atoms with Crippen LogP contribution in [0, 0.1) is 0 Å². The van der Waals surface area contributed by atoms with Crippen molar-refractivity contribution >= 4 is 17.8 Å². The maximum absolute atomic E-state index is 13.5. The number of anilines is 1. The number of hydrogen-bond acceptors (Lipinski definition) is 6. The molecular weight excluding hydrogens is 382 g/mol. The van der Waals surface area contributed by atoms with E-state index in [0.717, 1.165) is 25.7 Å². The Balaban J connectivity index is 1.57. The van der Waals surface area contributed by atoms with Crippen LogP contribution in [0.15, 0.2) is 22.9 Å². The number of hydrogen-bond donors (Lipinski definition) is 1. The average Bonchev–Trinajstić information content (AvgIpc) is 3.26. The largest absolute Gasteiger partial charge is 0.354 e. The normalized spacial score (nSPS) is 18.2. The fourth-order valence-electron chi connectivity index (χ4n) is 4.69. The molecule has 2 amide bonds. The van der Waals surface area contributed by atoms with Crippen LogP contribution in [0.5, 0.6) is 0 Å². The minimum atomic E-state index is -0.254. The van der Waals surface area contributed by atoms with Gasteiger partial charge in [-0.2, -0.15) is 0 Å². The second-order valence-corrected chi connectivity index (χ2v) is 8.32. The molecule has 160 valence electrons. The maximum Gasteiger partial charge on any atom is 0.276 e. The van der Waals surface area contributed by atoms with Gasteiger partial charge in [0.25, 0.3) is 5.91 Å². The fourth-order valence-corrected chi connectivity index (χ4v) is 4.69. The van der Waals surface area contributed by atoms with Gasteiger partial charge in [-0.1, -0.05) is 43.7 Å². The Kier molecular flexibility index (Phi) is 6.40. The van der Waals surface area contributed by atoms with Crippen LogP contribution in [-0.2, 0) is 4.79 Å². The highest BCUT2D eigenvalue weighted by atomic mass is 16.5. The molecule has 2 aromatic rings. The van der Waals surface area contributed by atoms with Crippen molar-refractivity contribution in [2.45, 2.75) is 83.2 Å². The lowest BCUT2D eigenvalue weighted by atomic mass is 9.88. The van der Waals surface area contributed by atoms with Crippen molar-refractivity contribution in [1.29, 1.82) is 0 Å². The standard InChI is InChI=1S/C22H29N5O3/c1-15(28)24-22-23-13-12-18(25-22)20-14-19(26-30-20)21(29)27(16-8-4-2-5-9-16)17-10-6-3-7-11-17/h12-14,16-17H,2-11H2,1H3,(H,23,24,25,28). The number of amides is 2. The summed E-state index contributed by atoms with van der Waals surface area (Å²) < 4.78 is 5.46. The van der Waals surface area contributed by atoms with Crippen molar-refractivity contribution in [3.63, 3.8) is 0 Å². The van der Waals surface area contributed by atoms with Gasteiger partial charge in [0.2, 0.25) is 11.9 Å². The van der Waals surface area contributed by atoms with Gasteiger partial charge in [0.15, 0.2) is 11.5 Å². The summed E-state index contributed by atoms with van der Waals surface area (Å²) in [6.07, 6.45) is 13.0. The Morgan fingerprint density at radius 1 is 1.03 bits per heavy atom. The lowest BCUT2D eigenvalue weighted by Gasteiger charge is -2.41. The van der Waals surface area contributed by atoms with E-state index in [1.54, 1.807) is 12.1 Å². The highest BCUT2D eigenvalue weighted by Crippen LogP contribution is 2.32. The quantitative estimate of drug-likeness (QED) is 0.791. The Hall–Kier alpha value is -2.77. The molecule has 0 spiro atoms. The lowest BCUT2D eigenvalue weighted by Crippen LogP contribution is -2.48. The topological polar surface area (TPSA) is 101 Å². The number of carbonyl (C=O) groups excluding carboxylic acids is 2. The average molecular weight is 412 g/mol. The molecule has 1 N–H and O–H groups in total. The molecule has 0 unspecified atom stereocenters. The zero-order valence-corrected chi connectivity index (χ0v) is 17.5. The number of rotatable bonds is 5. The zero-order chi connectivity index (χ0) is 20.9. The molecular formula is C22H29N5O3. The molecule has 2 saturated carbocycles. The summed E-state index contributed by atoms with van der Waals surface area (Å²) in [5, 5.41) is 6.63. The molecule has 0 aliphatic heterocycles. The third kappa shape index (κ3) is 4.68. The molecule has 2 aliphatic rings. The van der Waals surface area contributed by atoms with Crippen LogP contribution in [0.3, 0.4) is 0 Å². The number of carbonyl (C=O) groups is 2. The van der Waals surface area contributed by atoms with E-state index in [1.165, 1.54) is 51.6 Å². The molecule has 0 saturated heterocycles. The van der Waals surface area contributed by atoms with Gasteiger partial charge >= 0.3 is 0 Å². The van der Waals surface area contributed by atoms with Crippen LogP contribution in [-0.4, -0.2) is 43.9 Å². The van der Waals surface area contributed by atoms with Crippen LogP contribution >= 0.6 is 0 Å². The van der Waals surface area contributed by atoms with Gasteiger partial charge in [0, 0.05) is 31.3 Å². The van der Waals surface area contributed by atoms with E-state index in [-0.39, 0.29) is 17.8 Å². The van der Waals surface area contributed by atoms with E-state index in [1.807, 2.05) is 0 Å². The second kappa shape index (κ2) is 9.36. The lowest BCUT2D eigenvalue weighted by molar-refractivity contribution is -0.114. The monoisotopic (exact) mass is 411 g/mol. The first-order valence-electron chi connectivity index (χ1n) is 11.0. The van der Waals surface area contributed by atoms with Gasteiger partial charge in [0.05, 0.1) is 0 Å². The van der Waals surface area contributed by atoms with E-state index in [2.05, 4.69) is 25.3 Å². The van der Waals surface area contributed by atoms with E-state index in [9.17, 15) is 9.59 Å². The fraction of sp³-hybridized carbons (Fsp3) is 0.591. The maximum atomic E-state index is 13.5. The molecule has 30 heavy (non-hydrogen) atoms. The van der Waals surface area contributed by atoms with Gasteiger partial charge in [0.1, 0.15) is 5.69 Å². The van der Waals surface area contributed by atoms with Crippen molar-refractivity contribution in [1.82, 2.24) is 20.0 Å². The molecule has 2 heterocycles. The predicted octanol–water partition coefficient (Wildman–Crippen LogP) is 4.20. The second-order valence-electron chi connectivity index (χ2n) is 8.32. The summed E-state index contributed by atoms with van der Waals surface area (Å²) in [6, 6.07) is 3.90. The van der Waals surface area contributed by atoms with Crippen LogP contribution < -0.4 is 5.32 Å². The van der Waals surface area contributed by atoms with Crippen LogP contribution in [0.1, 0.15) is 81.6 Å². The molecule has 0 aromatic carbocycles. The van der Waals surface area contributed by atoms with E-state index in [4.69, 9.17) is 4.52 Å².